The summed E-state index contributed by atoms with van der Waals surface area (Å²) in [4.78, 5) is 72.2. The number of aliphatic hydroxyl groups is 2. The molecule has 0 aromatic heterocycles. The number of ketones is 3. The van der Waals surface area contributed by atoms with Gasteiger partial charge in [0.1, 0.15) is 30.1 Å². The molecule has 4 rings (SSSR count). The number of piperidine rings is 1. The summed E-state index contributed by atoms with van der Waals surface area (Å²) >= 11 is 0. The van der Waals surface area contributed by atoms with E-state index in [0.717, 1.165) is 12.0 Å². The normalized spacial score (nSPS) is 37.8. The highest BCUT2D eigenvalue weighted by molar-refractivity contribution is 7.57. The lowest BCUT2D eigenvalue weighted by Gasteiger charge is -2.42. The summed E-state index contributed by atoms with van der Waals surface area (Å²) in [6.07, 6.45) is 11.4. The van der Waals surface area contributed by atoms with Gasteiger partial charge in [-0.25, -0.2) is 4.79 Å². The first-order valence-corrected chi connectivity index (χ1v) is 27.7. The average molecular weight is 990 g/mol. The maximum atomic E-state index is 14.5. The van der Waals surface area contributed by atoms with Crippen LogP contribution >= 0.6 is 7.37 Å². The second-order valence-electron chi connectivity index (χ2n) is 20.9. The number of Topliss-reactive ketones (excluding diaryl/α,β-unsaturated/α-hetero) is 3. The third-order valence-corrected chi connectivity index (χ3v) is 15.6. The summed E-state index contributed by atoms with van der Waals surface area (Å²) in [7, 11) is 1.76. The van der Waals surface area contributed by atoms with Gasteiger partial charge in [-0.1, -0.05) is 71.1 Å². The van der Waals surface area contributed by atoms with Gasteiger partial charge in [-0.15, -0.1) is 0 Å². The van der Waals surface area contributed by atoms with Crippen LogP contribution in [-0.4, -0.2) is 140 Å². The maximum absolute atomic E-state index is 14.5. The number of allylic oxidation sites excluding steroid dienone is 6. The number of hydrogen-bond acceptors (Lipinski definition) is 14. The number of carbonyl (C=O) groups is 5. The number of aliphatic hydroxyl groups excluding tert-OH is 1. The van der Waals surface area contributed by atoms with Crippen molar-refractivity contribution in [2.24, 2.45) is 35.5 Å². The molecular weight excluding hydrogens is 906 g/mol. The Kier molecular flexibility index (Phi) is 22.5. The third-order valence-electron chi connectivity index (χ3n) is 14.8. The van der Waals surface area contributed by atoms with Gasteiger partial charge >= 0.3 is 5.97 Å². The van der Waals surface area contributed by atoms with Gasteiger partial charge in [0.05, 0.1) is 24.4 Å². The molecule has 2 bridgehead atoms. The molecule has 3 heterocycles. The van der Waals surface area contributed by atoms with E-state index in [9.17, 15) is 38.8 Å². The van der Waals surface area contributed by atoms with Gasteiger partial charge in [-0.05, 0) is 107 Å². The Morgan fingerprint density at radius 3 is 2.22 bits per heavy atom. The van der Waals surface area contributed by atoms with E-state index in [0.29, 0.717) is 63.4 Å². The van der Waals surface area contributed by atoms with Crippen LogP contribution in [0.25, 0.3) is 0 Å². The van der Waals surface area contributed by atoms with Crippen LogP contribution < -0.4 is 0 Å². The quantitative estimate of drug-likeness (QED) is 0.104. The SMILES string of the molecule is CO[C@H]1CC2CC[C@@H](C)[C@@](O)(O2)C(=O)C(=O)N2CCCCC2C(=O)O[C@H]([C@H](C)C[C@@H]2CC[C@@H](OP(C)(C)=O)[C@H](OC)C2)CC(=O)[C@H](C)/C=C(\C)[C@@H](O)[C@@H](OC)C(=O)[C@H](C)C[C@H](C)/C=C/C=CC=C1C. The minimum absolute atomic E-state index is 0.0117. The minimum atomic E-state index is -2.79. The molecule has 2 unspecified atom stereocenters. The predicted molar refractivity (Wildman–Crippen MR) is 263 cm³/mol. The van der Waals surface area contributed by atoms with Crippen molar-refractivity contribution >= 4 is 36.6 Å². The number of rotatable bonds is 8. The zero-order valence-electron chi connectivity index (χ0n) is 43.4. The van der Waals surface area contributed by atoms with Crippen LogP contribution in [0.2, 0.25) is 0 Å². The number of esters is 1. The van der Waals surface area contributed by atoms with Crippen molar-refractivity contribution < 1.29 is 67.0 Å². The molecule has 1 aliphatic carbocycles. The topological polar surface area (TPSA) is 201 Å². The smallest absolute Gasteiger partial charge is 0.329 e. The van der Waals surface area contributed by atoms with E-state index in [1.165, 1.54) is 12.0 Å². The first kappa shape index (κ1) is 58.4. The molecule has 0 aromatic carbocycles. The largest absolute Gasteiger partial charge is 0.460 e. The highest BCUT2D eigenvalue weighted by Gasteiger charge is 2.53. The number of fused-ring (bicyclic) bond motifs is 3. The minimum Gasteiger partial charge on any atom is -0.460 e. The molecule has 3 aliphatic heterocycles. The van der Waals surface area contributed by atoms with Crippen LogP contribution in [0.5, 0.6) is 0 Å². The predicted octanol–water partition coefficient (Wildman–Crippen LogP) is 7.74. The number of methoxy groups -OCH3 is 3. The fraction of sp³-hybridized carbons (Fsp3) is 0.755. The first-order chi connectivity index (χ1) is 32.4. The molecule has 1 amide bonds. The van der Waals surface area contributed by atoms with E-state index in [-0.39, 0.29) is 60.9 Å². The van der Waals surface area contributed by atoms with Gasteiger partial charge in [0.15, 0.2) is 13.2 Å². The summed E-state index contributed by atoms with van der Waals surface area (Å²) in [5.41, 5.74) is 1.25. The Morgan fingerprint density at radius 2 is 1.57 bits per heavy atom. The van der Waals surface area contributed by atoms with Crippen molar-refractivity contribution in [3.05, 3.63) is 47.6 Å². The summed E-state index contributed by atoms with van der Waals surface area (Å²) in [5.74, 6) is -8.11. The van der Waals surface area contributed by atoms with Crippen LogP contribution in [0.15, 0.2) is 47.6 Å². The van der Waals surface area contributed by atoms with Crippen molar-refractivity contribution in [3.63, 3.8) is 0 Å². The van der Waals surface area contributed by atoms with E-state index in [2.05, 4.69) is 0 Å². The Balaban J connectivity index is 1.70. The van der Waals surface area contributed by atoms with Crippen LogP contribution in [0.4, 0.5) is 0 Å². The lowest BCUT2D eigenvalue weighted by molar-refractivity contribution is -0.265. The van der Waals surface area contributed by atoms with Gasteiger partial charge in [0.2, 0.25) is 5.79 Å². The van der Waals surface area contributed by atoms with Crippen LogP contribution in [-0.2, 0) is 56.7 Å². The second kappa shape index (κ2) is 26.5. The zero-order chi connectivity index (χ0) is 51.4. The Labute approximate surface area is 411 Å². The van der Waals surface area contributed by atoms with Gasteiger partial charge < -0.3 is 43.3 Å². The van der Waals surface area contributed by atoms with E-state index in [1.54, 1.807) is 54.4 Å². The van der Waals surface area contributed by atoms with E-state index in [4.69, 9.17) is 28.2 Å². The molecule has 390 valence electrons. The lowest BCUT2D eigenvalue weighted by atomic mass is 9.78. The van der Waals surface area contributed by atoms with Crippen LogP contribution in [0.1, 0.15) is 126 Å². The molecule has 0 radical (unpaired) electrons. The van der Waals surface area contributed by atoms with Crippen molar-refractivity contribution in [1.29, 1.82) is 0 Å². The standard InChI is InChI=1S/C53H84NO14P/c1-32-18-14-13-15-19-33(2)44(63-8)30-40-23-21-38(7)53(61,67-40)50(58)51(59)54-25-17-16-20-41(54)52(60)66-45(35(4)28-39-22-24-43(46(29-39)64-9)68-69(11,12)62)31-42(55)34(3)27-37(6)48(57)49(65-10)47(56)36(5)26-32/h13-15,18-19,27,32,34-36,38-41,43-46,48-49,57,61H,16-17,20-26,28-31H2,1-12H3/b15-13?,18-14+,33-19?,37-27+/t32-,34-,35-,36-,38-,39+,40?,41?,43-,44+,45+,46-,48-,49+,53-/m1/s1. The number of carbonyl (C=O) groups excluding carboxylic acids is 5. The molecule has 2 N–H and O–H groups in total. The molecule has 1 saturated carbocycles. The Hall–Kier alpha value is -3.14. The fourth-order valence-corrected chi connectivity index (χ4v) is 11.4. The highest BCUT2D eigenvalue weighted by Crippen LogP contribution is 2.45. The average Bonchev–Trinajstić information content (AvgIpc) is 3.30. The number of ether oxygens (including phenoxy) is 5. The van der Waals surface area contributed by atoms with Gasteiger partial charge in [0.25, 0.3) is 11.7 Å². The van der Waals surface area contributed by atoms with Crippen LogP contribution in [0, 0.1) is 35.5 Å². The number of nitrogens with zero attached hydrogens (tertiary/aromatic N) is 1. The number of cyclic esters (lactones) is 1. The molecular formula is C53H84NO14P. The van der Waals surface area contributed by atoms with E-state index >= 15 is 0 Å². The van der Waals surface area contributed by atoms with Gasteiger partial charge in [-0.2, -0.15) is 0 Å². The molecule has 15 atom stereocenters. The summed E-state index contributed by atoms with van der Waals surface area (Å²) < 4.78 is 48.2. The van der Waals surface area contributed by atoms with Gasteiger partial charge in [0, 0.05) is 71.8 Å². The molecule has 0 spiro atoms. The van der Waals surface area contributed by atoms with E-state index < -0.39 is 85.1 Å². The molecule has 15 nitrogen and oxygen atoms in total. The van der Waals surface area contributed by atoms with Crippen molar-refractivity contribution in [3.8, 4) is 0 Å². The number of amides is 1. The van der Waals surface area contributed by atoms with Crippen LogP contribution in [0.3, 0.4) is 0 Å². The molecule has 4 aliphatic rings. The molecule has 69 heavy (non-hydrogen) atoms. The second-order valence-corrected chi connectivity index (χ2v) is 23.6. The van der Waals surface area contributed by atoms with E-state index in [1.807, 2.05) is 58.1 Å². The molecule has 0 aromatic rings. The Bertz CT molecular complexity index is 1940. The van der Waals surface area contributed by atoms with Gasteiger partial charge in [-0.3, -0.25) is 23.7 Å². The fourth-order valence-electron chi connectivity index (χ4n) is 10.5. The Morgan fingerprint density at radius 1 is 0.855 bits per heavy atom. The highest BCUT2D eigenvalue weighted by atomic mass is 31.2. The number of hydrogen-bond donors (Lipinski definition) is 2. The zero-order valence-corrected chi connectivity index (χ0v) is 44.3. The third kappa shape index (κ3) is 16.2. The van der Waals surface area contributed by atoms with Crippen molar-refractivity contribution in [1.82, 2.24) is 4.90 Å². The summed E-state index contributed by atoms with van der Waals surface area (Å²) in [6, 6.07) is -1.16. The molecule has 16 heteroatoms. The van der Waals surface area contributed by atoms with Crippen molar-refractivity contribution in [2.75, 3.05) is 41.2 Å². The molecule has 2 saturated heterocycles. The maximum Gasteiger partial charge on any atom is 0.329 e. The van der Waals surface area contributed by atoms with Crippen molar-refractivity contribution in [2.45, 2.75) is 180 Å². The summed E-state index contributed by atoms with van der Waals surface area (Å²) in [6.45, 7) is 15.9. The lowest BCUT2D eigenvalue weighted by Crippen LogP contribution is -2.61. The summed E-state index contributed by atoms with van der Waals surface area (Å²) in [5, 5.41) is 23.5. The first-order valence-electron chi connectivity index (χ1n) is 25.2. The monoisotopic (exact) mass is 990 g/mol. The molecule has 3 fully saturated rings.